The van der Waals surface area contributed by atoms with E-state index in [1.54, 1.807) is 0 Å². The van der Waals surface area contributed by atoms with E-state index in [2.05, 4.69) is 22.5 Å². The van der Waals surface area contributed by atoms with Crippen molar-refractivity contribution in [3.63, 3.8) is 0 Å². The van der Waals surface area contributed by atoms with Crippen LogP contribution in [0.3, 0.4) is 0 Å². The first-order valence-electron chi connectivity index (χ1n) is 3.88. The van der Waals surface area contributed by atoms with E-state index in [0.29, 0.717) is 0 Å². The Bertz CT molecular complexity index is 331. The molecule has 1 aliphatic rings. The molecule has 0 aliphatic carbocycles. The van der Waals surface area contributed by atoms with Crippen molar-refractivity contribution in [2.75, 3.05) is 6.61 Å². The number of rotatable bonds is 0. The number of fused-ring (bicyclic) bond motifs is 1. The average Bonchev–Trinajstić information content (AvgIpc) is 2.04. The van der Waals surface area contributed by atoms with E-state index in [-0.39, 0.29) is 0 Å². The summed E-state index contributed by atoms with van der Waals surface area (Å²) in [6, 6.07) is 6.04. The van der Waals surface area contributed by atoms with Gasteiger partial charge in [0.15, 0.2) is 0 Å². The highest BCUT2D eigenvalue weighted by Crippen LogP contribution is 2.33. The van der Waals surface area contributed by atoms with Crippen LogP contribution in [-0.2, 0) is 0 Å². The maximum Gasteiger partial charge on any atom is 0.127 e. The molecule has 2 rings (SSSR count). The van der Waals surface area contributed by atoms with E-state index in [1.807, 2.05) is 18.2 Å². The van der Waals surface area contributed by atoms with Crippen LogP contribution in [-0.4, -0.2) is 6.61 Å². The van der Waals surface area contributed by atoms with Crippen LogP contribution in [0.4, 0.5) is 0 Å². The fourth-order valence-corrected chi connectivity index (χ4v) is 1.67. The second-order valence-electron chi connectivity index (χ2n) is 2.84. The Hall–Kier alpha value is -0.760. The Morgan fingerprint density at radius 3 is 3.08 bits per heavy atom. The van der Waals surface area contributed by atoms with E-state index in [4.69, 9.17) is 4.74 Å². The molecule has 0 atom stereocenters. The lowest BCUT2D eigenvalue weighted by Gasteiger charge is -2.19. The van der Waals surface area contributed by atoms with Gasteiger partial charge in [0, 0.05) is 16.5 Å². The van der Waals surface area contributed by atoms with Gasteiger partial charge in [-0.1, -0.05) is 22.5 Å². The Kier molecular flexibility index (Phi) is 1.93. The predicted octanol–water partition coefficient (Wildman–Crippen LogP) is 3.24. The minimum absolute atomic E-state index is 0.752. The second kappa shape index (κ2) is 2.94. The topological polar surface area (TPSA) is 9.23 Å². The molecule has 62 valence electrons. The van der Waals surface area contributed by atoms with Crippen LogP contribution in [0.1, 0.15) is 12.0 Å². The van der Waals surface area contributed by atoms with Crippen LogP contribution in [0.25, 0.3) is 5.57 Å². The average molecular weight is 225 g/mol. The molecule has 0 radical (unpaired) electrons. The Labute approximate surface area is 80.2 Å². The summed E-state index contributed by atoms with van der Waals surface area (Å²) in [6.45, 7) is 4.74. The number of benzene rings is 1. The zero-order valence-corrected chi connectivity index (χ0v) is 8.23. The second-order valence-corrected chi connectivity index (χ2v) is 3.76. The summed E-state index contributed by atoms with van der Waals surface area (Å²) in [5.41, 5.74) is 2.31. The molecule has 2 heteroatoms. The van der Waals surface area contributed by atoms with E-state index in [1.165, 1.54) is 5.57 Å². The third kappa shape index (κ3) is 1.27. The molecule has 0 aromatic heterocycles. The number of hydrogen-bond donors (Lipinski definition) is 0. The van der Waals surface area contributed by atoms with Crippen LogP contribution >= 0.6 is 15.9 Å². The van der Waals surface area contributed by atoms with Gasteiger partial charge in [0.1, 0.15) is 5.75 Å². The largest absolute Gasteiger partial charge is 0.493 e. The summed E-state index contributed by atoms with van der Waals surface area (Å²) in [5, 5.41) is 0. The SMILES string of the molecule is C=C1CCOc2cc(Br)ccc21. The molecule has 1 aromatic rings. The van der Waals surface area contributed by atoms with Gasteiger partial charge in [0.2, 0.25) is 0 Å². The Morgan fingerprint density at radius 1 is 1.42 bits per heavy atom. The quantitative estimate of drug-likeness (QED) is 0.658. The smallest absolute Gasteiger partial charge is 0.127 e. The van der Waals surface area contributed by atoms with Crippen molar-refractivity contribution < 1.29 is 4.74 Å². The fraction of sp³-hybridized carbons (Fsp3) is 0.200. The van der Waals surface area contributed by atoms with Gasteiger partial charge in [-0.2, -0.15) is 0 Å². The zero-order valence-electron chi connectivity index (χ0n) is 6.64. The zero-order chi connectivity index (χ0) is 8.55. The van der Waals surface area contributed by atoms with Crippen molar-refractivity contribution in [2.45, 2.75) is 6.42 Å². The van der Waals surface area contributed by atoms with Crippen molar-refractivity contribution in [1.82, 2.24) is 0 Å². The van der Waals surface area contributed by atoms with Gasteiger partial charge in [-0.3, -0.25) is 0 Å². The van der Waals surface area contributed by atoms with Gasteiger partial charge in [0.05, 0.1) is 6.61 Å². The van der Waals surface area contributed by atoms with Crippen molar-refractivity contribution in [3.05, 3.63) is 34.8 Å². The molecule has 0 N–H and O–H groups in total. The summed E-state index contributed by atoms with van der Waals surface area (Å²) in [7, 11) is 0. The van der Waals surface area contributed by atoms with Crippen LogP contribution in [0, 0.1) is 0 Å². The van der Waals surface area contributed by atoms with Crippen LogP contribution in [0.2, 0.25) is 0 Å². The maximum absolute atomic E-state index is 5.48. The van der Waals surface area contributed by atoms with Crippen LogP contribution in [0.5, 0.6) is 5.75 Å². The lowest BCUT2D eigenvalue weighted by Crippen LogP contribution is -2.06. The molecule has 0 bridgehead atoms. The van der Waals surface area contributed by atoms with Gasteiger partial charge >= 0.3 is 0 Å². The Balaban J connectivity index is 2.53. The van der Waals surface area contributed by atoms with Crippen molar-refractivity contribution in [1.29, 1.82) is 0 Å². The lowest BCUT2D eigenvalue weighted by atomic mass is 10.0. The van der Waals surface area contributed by atoms with Crippen molar-refractivity contribution >= 4 is 21.5 Å². The van der Waals surface area contributed by atoms with Crippen LogP contribution in [0.15, 0.2) is 29.3 Å². The van der Waals surface area contributed by atoms with Gasteiger partial charge in [-0.15, -0.1) is 0 Å². The van der Waals surface area contributed by atoms with Crippen LogP contribution < -0.4 is 4.74 Å². The molecule has 1 heterocycles. The molecule has 0 unspecified atom stereocenters. The van der Waals surface area contributed by atoms with E-state index in [0.717, 1.165) is 28.8 Å². The molecule has 0 saturated carbocycles. The monoisotopic (exact) mass is 224 g/mol. The molecular weight excluding hydrogens is 216 g/mol. The van der Waals surface area contributed by atoms with E-state index in [9.17, 15) is 0 Å². The molecule has 12 heavy (non-hydrogen) atoms. The molecule has 1 nitrogen and oxygen atoms in total. The highest BCUT2D eigenvalue weighted by Gasteiger charge is 2.12. The molecule has 1 aliphatic heterocycles. The minimum Gasteiger partial charge on any atom is -0.493 e. The summed E-state index contributed by atoms with van der Waals surface area (Å²) < 4.78 is 6.54. The number of ether oxygens (including phenoxy) is 1. The molecule has 1 aromatic carbocycles. The third-order valence-electron chi connectivity index (χ3n) is 1.99. The van der Waals surface area contributed by atoms with Gasteiger partial charge < -0.3 is 4.74 Å². The van der Waals surface area contributed by atoms with Gasteiger partial charge in [-0.05, 0) is 23.8 Å². The molecule has 0 saturated heterocycles. The highest BCUT2D eigenvalue weighted by molar-refractivity contribution is 9.10. The summed E-state index contributed by atoms with van der Waals surface area (Å²) >= 11 is 3.40. The standard InChI is InChI=1S/C10H9BrO/c1-7-4-5-12-10-6-8(11)2-3-9(7)10/h2-3,6H,1,4-5H2. The minimum atomic E-state index is 0.752. The van der Waals surface area contributed by atoms with Crippen molar-refractivity contribution in [3.8, 4) is 5.75 Å². The molecule has 0 fully saturated rings. The number of hydrogen-bond acceptors (Lipinski definition) is 1. The first kappa shape index (κ1) is 7.87. The van der Waals surface area contributed by atoms with Crippen molar-refractivity contribution in [2.24, 2.45) is 0 Å². The Morgan fingerprint density at radius 2 is 2.25 bits per heavy atom. The lowest BCUT2D eigenvalue weighted by molar-refractivity contribution is 0.316. The summed E-state index contributed by atoms with van der Waals surface area (Å²) in [5.74, 6) is 0.945. The highest BCUT2D eigenvalue weighted by atomic mass is 79.9. The maximum atomic E-state index is 5.48. The first-order valence-corrected chi connectivity index (χ1v) is 4.67. The molecular formula is C10H9BrO. The van der Waals surface area contributed by atoms with Gasteiger partial charge in [-0.25, -0.2) is 0 Å². The van der Waals surface area contributed by atoms with Gasteiger partial charge in [0.25, 0.3) is 0 Å². The molecule has 0 spiro atoms. The fourth-order valence-electron chi connectivity index (χ4n) is 1.33. The number of halogens is 1. The summed E-state index contributed by atoms with van der Waals surface area (Å²) in [6.07, 6.45) is 0.939. The van der Waals surface area contributed by atoms with E-state index < -0.39 is 0 Å². The predicted molar refractivity (Wildman–Crippen MR) is 53.3 cm³/mol. The van der Waals surface area contributed by atoms with E-state index >= 15 is 0 Å². The normalized spacial score (nSPS) is 15.2. The third-order valence-corrected chi connectivity index (χ3v) is 2.48. The first-order chi connectivity index (χ1) is 5.77. The molecule has 0 amide bonds. The summed E-state index contributed by atoms with van der Waals surface area (Å²) in [4.78, 5) is 0.